The Hall–Kier alpha value is -1.03. The second kappa shape index (κ2) is 7.41. The number of hydrogen-bond donors (Lipinski definition) is 1. The number of aryl methyl sites for hydroxylation is 1. The van der Waals surface area contributed by atoms with Crippen molar-refractivity contribution in [2.45, 2.75) is 33.1 Å². The molecule has 0 bridgehead atoms. The molecule has 0 saturated heterocycles. The number of rotatable bonds is 8. The molecule has 0 unspecified atom stereocenters. The largest absolute Gasteiger partial charge is 0.384 e. The smallest absolute Gasteiger partial charge is 0.152 e. The topological polar surface area (TPSA) is 46.2 Å². The van der Waals surface area contributed by atoms with Crippen molar-refractivity contribution in [1.82, 2.24) is 0 Å². The van der Waals surface area contributed by atoms with Crippen molar-refractivity contribution in [1.29, 1.82) is 0 Å². The molecule has 0 aliphatic carbocycles. The second-order valence-electron chi connectivity index (χ2n) is 4.66. The Morgan fingerprint density at radius 3 is 2.61 bits per heavy atom. The first kappa shape index (κ1) is 15.0. The van der Waals surface area contributed by atoms with E-state index in [0.717, 1.165) is 24.9 Å². The van der Waals surface area contributed by atoms with Crippen LogP contribution in [0, 0.1) is 6.92 Å². The Morgan fingerprint density at radius 1 is 1.17 bits per heavy atom. The molecule has 0 fully saturated rings. The molecular formula is C14H23NO2S. The molecule has 0 aromatic heterocycles. The van der Waals surface area contributed by atoms with Crippen LogP contribution in [0.2, 0.25) is 0 Å². The van der Waals surface area contributed by atoms with Gasteiger partial charge in [0.15, 0.2) is 9.84 Å². The van der Waals surface area contributed by atoms with Gasteiger partial charge < -0.3 is 5.32 Å². The fraction of sp³-hybridized carbons (Fsp3) is 0.571. The van der Waals surface area contributed by atoms with E-state index >= 15 is 0 Å². The number of unbranched alkanes of at least 4 members (excludes halogenated alkanes) is 2. The van der Waals surface area contributed by atoms with E-state index < -0.39 is 9.84 Å². The maximum Gasteiger partial charge on any atom is 0.152 e. The minimum atomic E-state index is -2.90. The first-order valence-electron chi connectivity index (χ1n) is 6.54. The standard InChI is InChI=1S/C14H23NO2S/c1-3-4-5-10-18(16,17)11-9-15-14-8-6-7-13(2)12-14/h6-8,12,15H,3-5,9-11H2,1-2H3. The van der Waals surface area contributed by atoms with Crippen molar-refractivity contribution in [3.63, 3.8) is 0 Å². The van der Waals surface area contributed by atoms with Gasteiger partial charge in [0.05, 0.1) is 11.5 Å². The molecular weight excluding hydrogens is 246 g/mol. The van der Waals surface area contributed by atoms with Crippen LogP contribution in [0.4, 0.5) is 5.69 Å². The number of anilines is 1. The van der Waals surface area contributed by atoms with Crippen molar-refractivity contribution in [3.05, 3.63) is 29.8 Å². The van der Waals surface area contributed by atoms with E-state index in [1.54, 1.807) is 0 Å². The molecule has 0 radical (unpaired) electrons. The molecule has 0 aliphatic heterocycles. The average Bonchev–Trinajstić information content (AvgIpc) is 2.29. The van der Waals surface area contributed by atoms with Gasteiger partial charge in [0, 0.05) is 12.2 Å². The summed E-state index contributed by atoms with van der Waals surface area (Å²) in [6.45, 7) is 4.58. The summed E-state index contributed by atoms with van der Waals surface area (Å²) >= 11 is 0. The van der Waals surface area contributed by atoms with Gasteiger partial charge in [-0.25, -0.2) is 8.42 Å². The number of hydrogen-bond acceptors (Lipinski definition) is 3. The summed E-state index contributed by atoms with van der Waals surface area (Å²) < 4.78 is 23.4. The SMILES string of the molecule is CCCCCS(=O)(=O)CCNc1cccc(C)c1. The third kappa shape index (κ3) is 6.05. The van der Waals surface area contributed by atoms with Crippen LogP contribution in [0.15, 0.2) is 24.3 Å². The maximum atomic E-state index is 11.7. The van der Waals surface area contributed by atoms with Crippen LogP contribution < -0.4 is 5.32 Å². The fourth-order valence-electron chi connectivity index (χ4n) is 1.78. The van der Waals surface area contributed by atoms with Crippen LogP contribution in [0.1, 0.15) is 31.7 Å². The molecule has 3 nitrogen and oxygen atoms in total. The summed E-state index contributed by atoms with van der Waals surface area (Å²) in [4.78, 5) is 0. The van der Waals surface area contributed by atoms with E-state index in [0.29, 0.717) is 12.3 Å². The Labute approximate surface area is 111 Å². The van der Waals surface area contributed by atoms with Crippen LogP contribution >= 0.6 is 0 Å². The van der Waals surface area contributed by atoms with Gasteiger partial charge in [-0.05, 0) is 31.0 Å². The Balaban J connectivity index is 2.32. The van der Waals surface area contributed by atoms with Crippen LogP contribution in [-0.2, 0) is 9.84 Å². The maximum absolute atomic E-state index is 11.7. The predicted molar refractivity (Wildman–Crippen MR) is 77.8 cm³/mol. The van der Waals surface area contributed by atoms with E-state index in [1.807, 2.05) is 31.2 Å². The first-order valence-corrected chi connectivity index (χ1v) is 8.36. The van der Waals surface area contributed by atoms with Crippen molar-refractivity contribution < 1.29 is 8.42 Å². The highest BCUT2D eigenvalue weighted by molar-refractivity contribution is 7.91. The summed E-state index contributed by atoms with van der Waals surface area (Å²) in [5.74, 6) is 0.529. The molecule has 0 amide bonds. The summed E-state index contributed by atoms with van der Waals surface area (Å²) in [5, 5.41) is 3.15. The molecule has 18 heavy (non-hydrogen) atoms. The molecule has 0 atom stereocenters. The summed E-state index contributed by atoms with van der Waals surface area (Å²) in [6, 6.07) is 7.96. The van der Waals surface area contributed by atoms with Gasteiger partial charge in [-0.1, -0.05) is 31.9 Å². The van der Waals surface area contributed by atoms with E-state index in [1.165, 1.54) is 5.56 Å². The summed E-state index contributed by atoms with van der Waals surface area (Å²) in [5.41, 5.74) is 2.16. The van der Waals surface area contributed by atoms with Crippen LogP contribution in [0.25, 0.3) is 0 Å². The van der Waals surface area contributed by atoms with Crippen molar-refractivity contribution >= 4 is 15.5 Å². The molecule has 0 heterocycles. The minimum absolute atomic E-state index is 0.213. The van der Waals surface area contributed by atoms with Gasteiger partial charge in [-0.3, -0.25) is 0 Å². The van der Waals surface area contributed by atoms with Crippen LogP contribution in [-0.4, -0.2) is 26.5 Å². The summed E-state index contributed by atoms with van der Waals surface area (Å²) in [7, 11) is -2.90. The van der Waals surface area contributed by atoms with Crippen LogP contribution in [0.3, 0.4) is 0 Å². The lowest BCUT2D eigenvalue weighted by atomic mass is 10.2. The molecule has 0 saturated carbocycles. The van der Waals surface area contributed by atoms with Crippen molar-refractivity contribution in [2.24, 2.45) is 0 Å². The number of benzene rings is 1. The fourth-order valence-corrected chi connectivity index (χ4v) is 3.04. The van der Waals surface area contributed by atoms with Crippen molar-refractivity contribution in [2.75, 3.05) is 23.4 Å². The van der Waals surface area contributed by atoms with E-state index in [4.69, 9.17) is 0 Å². The average molecular weight is 269 g/mol. The predicted octanol–water partition coefficient (Wildman–Crippen LogP) is 3.01. The lowest BCUT2D eigenvalue weighted by Crippen LogP contribution is -2.18. The van der Waals surface area contributed by atoms with Gasteiger partial charge in [0.1, 0.15) is 0 Å². The summed E-state index contributed by atoms with van der Waals surface area (Å²) in [6.07, 6.45) is 2.82. The second-order valence-corrected chi connectivity index (χ2v) is 6.96. The molecule has 1 rings (SSSR count). The molecule has 4 heteroatoms. The van der Waals surface area contributed by atoms with Gasteiger partial charge in [0.25, 0.3) is 0 Å². The Bertz CT molecular complexity index is 455. The van der Waals surface area contributed by atoms with Crippen LogP contribution in [0.5, 0.6) is 0 Å². The van der Waals surface area contributed by atoms with Gasteiger partial charge in [0.2, 0.25) is 0 Å². The molecule has 1 aromatic carbocycles. The molecule has 1 aromatic rings. The first-order chi connectivity index (χ1) is 8.53. The minimum Gasteiger partial charge on any atom is -0.384 e. The highest BCUT2D eigenvalue weighted by Gasteiger charge is 2.09. The molecule has 0 spiro atoms. The highest BCUT2D eigenvalue weighted by Crippen LogP contribution is 2.09. The number of sulfone groups is 1. The molecule has 1 N–H and O–H groups in total. The van der Waals surface area contributed by atoms with E-state index in [-0.39, 0.29) is 5.75 Å². The van der Waals surface area contributed by atoms with Gasteiger partial charge in [-0.2, -0.15) is 0 Å². The Kier molecular flexibility index (Phi) is 6.19. The lowest BCUT2D eigenvalue weighted by Gasteiger charge is -2.08. The quantitative estimate of drug-likeness (QED) is 0.738. The van der Waals surface area contributed by atoms with Gasteiger partial charge >= 0.3 is 0 Å². The van der Waals surface area contributed by atoms with Crippen molar-refractivity contribution in [3.8, 4) is 0 Å². The zero-order valence-corrected chi connectivity index (χ0v) is 12.1. The van der Waals surface area contributed by atoms with E-state index in [9.17, 15) is 8.42 Å². The van der Waals surface area contributed by atoms with Gasteiger partial charge in [-0.15, -0.1) is 0 Å². The Morgan fingerprint density at radius 2 is 1.94 bits per heavy atom. The zero-order valence-electron chi connectivity index (χ0n) is 11.3. The zero-order chi connectivity index (χ0) is 13.4. The highest BCUT2D eigenvalue weighted by atomic mass is 32.2. The monoisotopic (exact) mass is 269 g/mol. The lowest BCUT2D eigenvalue weighted by molar-refractivity contribution is 0.591. The number of nitrogens with one attached hydrogen (secondary N) is 1. The molecule has 0 aliphatic rings. The molecule has 102 valence electrons. The normalized spacial score (nSPS) is 11.4. The van der Waals surface area contributed by atoms with E-state index in [2.05, 4.69) is 12.2 Å². The third-order valence-electron chi connectivity index (χ3n) is 2.82. The third-order valence-corrected chi connectivity index (χ3v) is 4.56.